The van der Waals surface area contributed by atoms with Gasteiger partial charge in [0, 0.05) is 49.6 Å². The van der Waals surface area contributed by atoms with E-state index in [0.29, 0.717) is 5.82 Å². The highest BCUT2D eigenvalue weighted by Gasteiger charge is 2.21. The van der Waals surface area contributed by atoms with Crippen molar-refractivity contribution < 1.29 is 0 Å². The minimum Gasteiger partial charge on any atom is -0.309 e. The van der Waals surface area contributed by atoms with Gasteiger partial charge in [-0.05, 0) is 71.8 Å². The Hall–Kier alpha value is -7.56. The molecule has 0 N–H and O–H groups in total. The lowest BCUT2D eigenvalue weighted by Crippen LogP contribution is -1.97. The highest BCUT2D eigenvalue weighted by molar-refractivity contribution is 6.26. The first kappa shape index (κ1) is 31.9. The maximum absolute atomic E-state index is 5.17. The maximum Gasteiger partial charge on any atom is 0.160 e. The zero-order valence-electron chi connectivity index (χ0n) is 30.4. The van der Waals surface area contributed by atoms with E-state index in [1.165, 1.54) is 43.7 Å². The Kier molecular flexibility index (Phi) is 7.46. The minimum absolute atomic E-state index is 0.691. The van der Waals surface area contributed by atoms with Crippen LogP contribution in [-0.2, 0) is 0 Å². The molecule has 56 heavy (non-hydrogen) atoms. The molecule has 0 saturated carbocycles. The maximum atomic E-state index is 5.17. The largest absolute Gasteiger partial charge is 0.309 e. The first-order valence-electron chi connectivity index (χ1n) is 19.0. The van der Waals surface area contributed by atoms with Crippen molar-refractivity contribution in [2.24, 2.45) is 0 Å². The fourth-order valence-electron chi connectivity index (χ4n) is 8.34. The fraction of sp³-hybridized carbons (Fsp3) is 0. The molecule has 0 radical (unpaired) electrons. The zero-order valence-corrected chi connectivity index (χ0v) is 30.4. The molecule has 0 spiro atoms. The number of rotatable bonds is 6. The summed E-state index contributed by atoms with van der Waals surface area (Å²) in [5.74, 6) is 0.691. The highest BCUT2D eigenvalue weighted by Crippen LogP contribution is 2.42. The molecule has 262 valence electrons. The van der Waals surface area contributed by atoms with Crippen molar-refractivity contribution in [3.8, 4) is 56.4 Å². The average Bonchev–Trinajstić information content (AvgIpc) is 3.80. The monoisotopic (exact) mass is 714 g/mol. The summed E-state index contributed by atoms with van der Waals surface area (Å²) in [4.78, 5) is 10.3. The molecule has 11 aromatic rings. The molecule has 0 fully saturated rings. The number of fused-ring (bicyclic) bond motifs is 7. The molecule has 11 rings (SSSR count). The second-order valence-corrected chi connectivity index (χ2v) is 14.2. The number of hydrogen-bond acceptors (Lipinski definition) is 2. The molecule has 3 heterocycles. The van der Waals surface area contributed by atoms with E-state index in [9.17, 15) is 0 Å². The lowest BCUT2D eigenvalue weighted by Gasteiger charge is -2.12. The van der Waals surface area contributed by atoms with Crippen LogP contribution < -0.4 is 0 Å². The van der Waals surface area contributed by atoms with Crippen molar-refractivity contribution in [3.63, 3.8) is 0 Å². The molecule has 0 saturated heterocycles. The smallest absolute Gasteiger partial charge is 0.160 e. The van der Waals surface area contributed by atoms with Crippen LogP contribution in [0.15, 0.2) is 206 Å². The first-order valence-corrected chi connectivity index (χ1v) is 19.0. The SMILES string of the molecule is c1ccc(-c2ccc(-c3cc(-c4ccccc4)nc(-c4ccc(-n5c6ccccc6c6c5ccc5c7ccccc7n(-c7ccccc7)c56)cc4)n3)cc2)cc1. The summed E-state index contributed by atoms with van der Waals surface area (Å²) in [7, 11) is 0. The Morgan fingerprint density at radius 2 is 0.786 bits per heavy atom. The van der Waals surface area contributed by atoms with Crippen LogP contribution in [-0.4, -0.2) is 19.1 Å². The molecule has 4 heteroatoms. The molecule has 0 bridgehead atoms. The molecule has 0 atom stereocenters. The van der Waals surface area contributed by atoms with Gasteiger partial charge in [0.1, 0.15) is 0 Å². The van der Waals surface area contributed by atoms with E-state index in [0.717, 1.165) is 50.5 Å². The van der Waals surface area contributed by atoms with Crippen molar-refractivity contribution in [1.82, 2.24) is 19.1 Å². The van der Waals surface area contributed by atoms with Gasteiger partial charge in [0.05, 0.1) is 33.5 Å². The predicted molar refractivity (Wildman–Crippen MR) is 232 cm³/mol. The average molecular weight is 715 g/mol. The van der Waals surface area contributed by atoms with Gasteiger partial charge < -0.3 is 9.13 Å². The summed E-state index contributed by atoms with van der Waals surface area (Å²) in [6.07, 6.45) is 0. The predicted octanol–water partition coefficient (Wildman–Crippen LogP) is 13.3. The summed E-state index contributed by atoms with van der Waals surface area (Å²) in [6, 6.07) is 73.1. The van der Waals surface area contributed by atoms with Crippen LogP contribution in [0.5, 0.6) is 0 Å². The molecular weight excluding hydrogens is 681 g/mol. The summed E-state index contributed by atoms with van der Waals surface area (Å²) in [6.45, 7) is 0. The van der Waals surface area contributed by atoms with Gasteiger partial charge in [-0.3, -0.25) is 0 Å². The quantitative estimate of drug-likeness (QED) is 0.172. The van der Waals surface area contributed by atoms with Crippen molar-refractivity contribution in [1.29, 1.82) is 0 Å². The van der Waals surface area contributed by atoms with Gasteiger partial charge in [-0.2, -0.15) is 0 Å². The van der Waals surface area contributed by atoms with E-state index in [2.05, 4.69) is 203 Å². The van der Waals surface area contributed by atoms with Crippen LogP contribution in [0.2, 0.25) is 0 Å². The normalized spacial score (nSPS) is 11.6. The molecule has 0 aliphatic rings. The third-order valence-corrected chi connectivity index (χ3v) is 11.0. The van der Waals surface area contributed by atoms with Crippen molar-refractivity contribution in [2.45, 2.75) is 0 Å². The lowest BCUT2D eigenvalue weighted by molar-refractivity contribution is 1.16. The van der Waals surface area contributed by atoms with E-state index in [4.69, 9.17) is 9.97 Å². The molecule has 4 nitrogen and oxygen atoms in total. The Bertz CT molecular complexity index is 3200. The number of nitrogens with zero attached hydrogens (tertiary/aromatic N) is 4. The van der Waals surface area contributed by atoms with Gasteiger partial charge in [0.25, 0.3) is 0 Å². The van der Waals surface area contributed by atoms with Crippen LogP contribution >= 0.6 is 0 Å². The molecule has 0 amide bonds. The molecule has 3 aromatic heterocycles. The van der Waals surface area contributed by atoms with Gasteiger partial charge in [0.2, 0.25) is 0 Å². The van der Waals surface area contributed by atoms with E-state index >= 15 is 0 Å². The summed E-state index contributed by atoms with van der Waals surface area (Å²) in [5.41, 5.74) is 14.2. The number of aromatic nitrogens is 4. The highest BCUT2D eigenvalue weighted by atomic mass is 15.0. The first-order chi connectivity index (χ1) is 27.8. The molecule has 0 aliphatic heterocycles. The van der Waals surface area contributed by atoms with Gasteiger partial charge in [-0.15, -0.1) is 0 Å². The van der Waals surface area contributed by atoms with Crippen LogP contribution in [0.1, 0.15) is 0 Å². The number of hydrogen-bond donors (Lipinski definition) is 0. The van der Waals surface area contributed by atoms with E-state index in [1.807, 2.05) is 12.1 Å². The van der Waals surface area contributed by atoms with Gasteiger partial charge in [0.15, 0.2) is 5.82 Å². The topological polar surface area (TPSA) is 35.6 Å². The van der Waals surface area contributed by atoms with Gasteiger partial charge in [-0.1, -0.05) is 146 Å². The van der Waals surface area contributed by atoms with E-state index in [1.54, 1.807) is 0 Å². The number of benzene rings is 8. The molecular formula is C52H34N4. The second-order valence-electron chi connectivity index (χ2n) is 14.2. The fourth-order valence-corrected chi connectivity index (χ4v) is 8.34. The minimum atomic E-state index is 0.691. The van der Waals surface area contributed by atoms with Crippen molar-refractivity contribution in [3.05, 3.63) is 206 Å². The lowest BCUT2D eigenvalue weighted by atomic mass is 10.0. The Morgan fingerprint density at radius 1 is 0.304 bits per heavy atom. The second kappa shape index (κ2) is 13.1. The van der Waals surface area contributed by atoms with Gasteiger partial charge in [-0.25, -0.2) is 9.97 Å². The summed E-state index contributed by atoms with van der Waals surface area (Å²) < 4.78 is 4.82. The third kappa shape index (κ3) is 5.23. The third-order valence-electron chi connectivity index (χ3n) is 11.0. The van der Waals surface area contributed by atoms with Crippen LogP contribution in [0.3, 0.4) is 0 Å². The Balaban J connectivity index is 1.06. The van der Waals surface area contributed by atoms with E-state index < -0.39 is 0 Å². The van der Waals surface area contributed by atoms with Gasteiger partial charge >= 0.3 is 0 Å². The van der Waals surface area contributed by atoms with Crippen LogP contribution in [0.4, 0.5) is 0 Å². The van der Waals surface area contributed by atoms with Crippen molar-refractivity contribution >= 4 is 43.6 Å². The standard InChI is InChI=1S/C52H34N4/c1-4-14-35(15-5-1)36-24-26-38(27-25-36)46-34-45(37-16-6-2-7-17-37)53-52(54-46)39-28-30-41(31-29-39)55-48-23-13-11-21-44(48)50-49(55)33-32-43-42-20-10-12-22-47(42)56(51(43)50)40-18-8-3-9-19-40/h1-34H. The van der Waals surface area contributed by atoms with Crippen molar-refractivity contribution in [2.75, 3.05) is 0 Å². The van der Waals surface area contributed by atoms with E-state index in [-0.39, 0.29) is 0 Å². The van der Waals surface area contributed by atoms with Crippen LogP contribution in [0, 0.1) is 0 Å². The molecule has 0 aliphatic carbocycles. The Labute approximate surface area is 324 Å². The van der Waals surface area contributed by atoms with Crippen LogP contribution in [0.25, 0.3) is 100 Å². The molecule has 0 unspecified atom stereocenters. The summed E-state index contributed by atoms with van der Waals surface area (Å²) in [5, 5.41) is 4.96. The Morgan fingerprint density at radius 3 is 1.46 bits per heavy atom. The summed E-state index contributed by atoms with van der Waals surface area (Å²) >= 11 is 0. The number of para-hydroxylation sites is 3. The zero-order chi connectivity index (χ0) is 37.0. The molecule has 8 aromatic carbocycles.